The molecule has 186 valence electrons. The Balaban J connectivity index is 1.76. The number of hydrogen-bond donors (Lipinski definition) is 0. The summed E-state index contributed by atoms with van der Waals surface area (Å²) in [6, 6.07) is 6.15. The highest BCUT2D eigenvalue weighted by Crippen LogP contribution is 2.63. The minimum absolute atomic E-state index is 0.246. The number of ether oxygens (including phenoxy) is 4. The number of hydrogen-bond acceptors (Lipinski definition) is 6. The summed E-state index contributed by atoms with van der Waals surface area (Å²) < 4.78 is 23.5. The third-order valence-electron chi connectivity index (χ3n) is 7.08. The lowest BCUT2D eigenvalue weighted by Crippen LogP contribution is -2.23. The molecule has 0 saturated heterocycles. The molecule has 2 aromatic rings. The molecule has 5 unspecified atom stereocenters. The fourth-order valence-electron chi connectivity index (χ4n) is 5.61. The quantitative estimate of drug-likeness (QED) is 0.320. The molecule has 0 amide bonds. The molecule has 6 nitrogen and oxygen atoms in total. The molecule has 4 rings (SSSR count). The second-order valence-corrected chi connectivity index (χ2v) is 9.76. The van der Waals surface area contributed by atoms with Gasteiger partial charge in [-0.15, -0.1) is 0 Å². The Hall–Kier alpha value is -3.28. The summed E-state index contributed by atoms with van der Waals surface area (Å²) in [6.45, 7) is 15.4. The Labute approximate surface area is 206 Å². The van der Waals surface area contributed by atoms with Crippen LogP contribution in [0.3, 0.4) is 0 Å². The Morgan fingerprint density at radius 1 is 0.971 bits per heavy atom. The minimum Gasteiger partial charge on any atom is -0.489 e. The van der Waals surface area contributed by atoms with Crippen molar-refractivity contribution in [2.45, 2.75) is 64.6 Å². The first-order chi connectivity index (χ1) is 16.7. The van der Waals surface area contributed by atoms with Crippen molar-refractivity contribution in [3.05, 3.63) is 60.2 Å². The van der Waals surface area contributed by atoms with Crippen LogP contribution in [-0.2, 0) is 19.1 Å². The number of fused-ring (bicyclic) bond motifs is 6. The molecule has 6 heteroatoms. The first kappa shape index (κ1) is 24.8. The van der Waals surface area contributed by atoms with Gasteiger partial charge in [0.25, 0.3) is 0 Å². The van der Waals surface area contributed by atoms with E-state index in [0.29, 0.717) is 17.8 Å². The molecule has 2 aromatic carbocycles. The van der Waals surface area contributed by atoms with Crippen molar-refractivity contribution in [3.63, 3.8) is 0 Å². The summed E-state index contributed by atoms with van der Waals surface area (Å²) in [5, 5.41) is 2.00. The minimum atomic E-state index is -0.463. The van der Waals surface area contributed by atoms with Crippen molar-refractivity contribution in [2.75, 3.05) is 13.2 Å². The van der Waals surface area contributed by atoms with Crippen LogP contribution in [0.4, 0.5) is 0 Å². The lowest BCUT2D eigenvalue weighted by Gasteiger charge is -2.29. The molecule has 0 aromatic heterocycles. The number of rotatable bonds is 10. The van der Waals surface area contributed by atoms with Crippen LogP contribution < -0.4 is 9.47 Å². The van der Waals surface area contributed by atoms with Gasteiger partial charge in [0.15, 0.2) is 0 Å². The van der Waals surface area contributed by atoms with Crippen LogP contribution in [0.2, 0.25) is 0 Å². The molecule has 0 radical (unpaired) electrons. The van der Waals surface area contributed by atoms with Gasteiger partial charge in [-0.3, -0.25) is 0 Å². The van der Waals surface area contributed by atoms with Crippen LogP contribution in [0.25, 0.3) is 10.8 Å². The van der Waals surface area contributed by atoms with Crippen molar-refractivity contribution >= 4 is 22.7 Å². The van der Waals surface area contributed by atoms with Gasteiger partial charge in [0, 0.05) is 34.1 Å². The van der Waals surface area contributed by atoms with Crippen LogP contribution in [0.5, 0.6) is 11.5 Å². The van der Waals surface area contributed by atoms with Gasteiger partial charge in [0.2, 0.25) is 0 Å². The van der Waals surface area contributed by atoms with Crippen molar-refractivity contribution in [1.29, 1.82) is 0 Å². The summed E-state index contributed by atoms with van der Waals surface area (Å²) in [5.74, 6) is 2.14. The molecular weight excluding hydrogens is 444 g/mol. The Bertz CT molecular complexity index is 1170. The normalized spacial score (nSPS) is 21.7. The number of carbonyl (C=O) groups is 2. The zero-order chi connectivity index (χ0) is 25.3. The van der Waals surface area contributed by atoms with Gasteiger partial charge in [-0.2, -0.15) is 0 Å². The maximum absolute atomic E-state index is 11.6. The largest absolute Gasteiger partial charge is 0.489 e. The molecule has 1 fully saturated rings. The van der Waals surface area contributed by atoms with Gasteiger partial charge in [0.05, 0.1) is 0 Å². The molecule has 0 aliphatic heterocycles. The Kier molecular flexibility index (Phi) is 7.20. The summed E-state index contributed by atoms with van der Waals surface area (Å²) in [7, 11) is 0. The molecular formula is C29H34O6. The van der Waals surface area contributed by atoms with Crippen LogP contribution in [0, 0.1) is 12.8 Å². The van der Waals surface area contributed by atoms with Gasteiger partial charge >= 0.3 is 11.9 Å². The predicted octanol–water partition coefficient (Wildman–Crippen LogP) is 5.75. The second-order valence-electron chi connectivity index (χ2n) is 9.76. The monoisotopic (exact) mass is 478 g/mol. The van der Waals surface area contributed by atoms with Gasteiger partial charge in [0.1, 0.15) is 36.9 Å². The van der Waals surface area contributed by atoms with E-state index in [-0.39, 0.29) is 13.2 Å². The lowest BCUT2D eigenvalue weighted by atomic mass is 9.81. The first-order valence-corrected chi connectivity index (χ1v) is 12.3. The predicted molar refractivity (Wildman–Crippen MR) is 135 cm³/mol. The number of benzene rings is 2. The van der Waals surface area contributed by atoms with Crippen molar-refractivity contribution < 1.29 is 28.5 Å². The topological polar surface area (TPSA) is 71.1 Å². The molecule has 2 bridgehead atoms. The first-order valence-electron chi connectivity index (χ1n) is 12.3. The van der Waals surface area contributed by atoms with E-state index in [1.54, 1.807) is 0 Å². The summed E-state index contributed by atoms with van der Waals surface area (Å²) in [4.78, 5) is 23.3. The van der Waals surface area contributed by atoms with Crippen LogP contribution >= 0.6 is 0 Å². The SMILES string of the molecule is C=CC(=O)OC(C)COc1c2c(c(OCC(C)OC(=O)C=C)c3c(C)cccc13)C1CC(C)C2C1. The molecule has 0 heterocycles. The Morgan fingerprint density at radius 3 is 2.17 bits per heavy atom. The van der Waals surface area contributed by atoms with E-state index in [1.165, 1.54) is 11.1 Å². The summed E-state index contributed by atoms with van der Waals surface area (Å²) in [5.41, 5.74) is 3.51. The van der Waals surface area contributed by atoms with Crippen molar-refractivity contribution in [3.8, 4) is 11.5 Å². The van der Waals surface area contributed by atoms with E-state index in [1.807, 2.05) is 19.9 Å². The van der Waals surface area contributed by atoms with E-state index in [9.17, 15) is 9.59 Å². The number of aryl methyl sites for hydroxylation is 1. The maximum Gasteiger partial charge on any atom is 0.330 e. The molecule has 2 aliphatic rings. The zero-order valence-electron chi connectivity index (χ0n) is 21.0. The maximum atomic E-state index is 11.6. The van der Waals surface area contributed by atoms with Gasteiger partial charge < -0.3 is 18.9 Å². The van der Waals surface area contributed by atoms with E-state index in [0.717, 1.165) is 52.8 Å². The van der Waals surface area contributed by atoms with E-state index >= 15 is 0 Å². The smallest absolute Gasteiger partial charge is 0.330 e. The lowest BCUT2D eigenvalue weighted by molar-refractivity contribution is -0.144. The van der Waals surface area contributed by atoms with Gasteiger partial charge in [-0.05, 0) is 56.9 Å². The highest BCUT2D eigenvalue weighted by atomic mass is 16.6. The molecule has 35 heavy (non-hydrogen) atoms. The molecule has 0 N–H and O–H groups in total. The van der Waals surface area contributed by atoms with Gasteiger partial charge in [-0.1, -0.05) is 38.3 Å². The highest BCUT2D eigenvalue weighted by Gasteiger charge is 2.46. The van der Waals surface area contributed by atoms with E-state index in [2.05, 4.69) is 39.1 Å². The molecule has 5 atom stereocenters. The fourth-order valence-corrected chi connectivity index (χ4v) is 5.61. The number of carbonyl (C=O) groups excluding carboxylic acids is 2. The Morgan fingerprint density at radius 2 is 1.57 bits per heavy atom. The number of esters is 2. The molecule has 2 aliphatic carbocycles. The average Bonchev–Trinajstić information content (AvgIpc) is 3.38. The summed E-state index contributed by atoms with van der Waals surface area (Å²) >= 11 is 0. The molecule has 1 saturated carbocycles. The zero-order valence-corrected chi connectivity index (χ0v) is 21.0. The third-order valence-corrected chi connectivity index (χ3v) is 7.08. The van der Waals surface area contributed by atoms with E-state index in [4.69, 9.17) is 18.9 Å². The third kappa shape index (κ3) is 4.79. The summed E-state index contributed by atoms with van der Waals surface area (Å²) in [6.07, 6.45) is 3.67. The van der Waals surface area contributed by atoms with Crippen LogP contribution in [0.1, 0.15) is 62.1 Å². The van der Waals surface area contributed by atoms with Gasteiger partial charge in [-0.25, -0.2) is 9.59 Å². The fraction of sp³-hybridized carbons (Fsp3) is 0.448. The van der Waals surface area contributed by atoms with Crippen LogP contribution in [-0.4, -0.2) is 37.4 Å². The standard InChI is InChI=1S/C29H34O6/c1-7-23(30)34-18(5)14-32-28-21-11-9-10-16(3)25(21)29(33-15-19(6)35-24(31)8-2)26-20-12-17(4)22(13-20)27(26)28/h7-11,17-20,22H,1-2,12-15H2,3-6H3. The van der Waals surface area contributed by atoms with Crippen molar-refractivity contribution in [1.82, 2.24) is 0 Å². The second kappa shape index (κ2) is 10.1. The van der Waals surface area contributed by atoms with Crippen molar-refractivity contribution in [2.24, 2.45) is 5.92 Å². The molecule has 0 spiro atoms. The van der Waals surface area contributed by atoms with E-state index < -0.39 is 24.1 Å². The van der Waals surface area contributed by atoms with Crippen LogP contribution in [0.15, 0.2) is 43.5 Å². The average molecular weight is 479 g/mol. The highest BCUT2D eigenvalue weighted by molar-refractivity contribution is 5.99.